The standard InChI is InChI=1S/C20H21N3O3/c1-12(2)14-7-8-17-16(10-14)19(20(25)21-17)23-22-18(24)11-26-15-6-4-5-13(3)9-15/h4-10,12,21,25H,11H2,1-3H3. The van der Waals surface area contributed by atoms with E-state index >= 15 is 0 Å². The summed E-state index contributed by atoms with van der Waals surface area (Å²) in [5, 5.41) is 18.4. The van der Waals surface area contributed by atoms with Crippen molar-refractivity contribution >= 4 is 22.5 Å². The average molecular weight is 351 g/mol. The van der Waals surface area contributed by atoms with E-state index in [0.717, 1.165) is 22.0 Å². The molecule has 1 amide bonds. The lowest BCUT2D eigenvalue weighted by Crippen LogP contribution is -2.07. The van der Waals surface area contributed by atoms with Crippen molar-refractivity contribution in [2.24, 2.45) is 10.2 Å². The van der Waals surface area contributed by atoms with E-state index in [1.165, 1.54) is 0 Å². The van der Waals surface area contributed by atoms with Gasteiger partial charge in [-0.05, 0) is 48.2 Å². The highest BCUT2D eigenvalue weighted by molar-refractivity contribution is 5.95. The Morgan fingerprint density at radius 3 is 2.77 bits per heavy atom. The summed E-state index contributed by atoms with van der Waals surface area (Å²) in [6, 6.07) is 13.2. The Kier molecular flexibility index (Phi) is 5.02. The molecule has 134 valence electrons. The highest BCUT2D eigenvalue weighted by atomic mass is 16.5. The molecule has 6 nitrogen and oxygen atoms in total. The molecule has 3 rings (SSSR count). The predicted octanol–water partition coefficient (Wildman–Crippen LogP) is 4.99. The van der Waals surface area contributed by atoms with Crippen molar-refractivity contribution in [3.8, 4) is 11.6 Å². The molecule has 1 aromatic heterocycles. The molecule has 3 aromatic rings. The summed E-state index contributed by atoms with van der Waals surface area (Å²) < 4.78 is 5.41. The van der Waals surface area contributed by atoms with E-state index in [1.807, 2.05) is 43.3 Å². The Bertz CT molecular complexity index is 974. The first-order valence-electron chi connectivity index (χ1n) is 8.42. The molecule has 6 heteroatoms. The minimum absolute atomic E-state index is 0.114. The van der Waals surface area contributed by atoms with Gasteiger partial charge in [0.15, 0.2) is 12.3 Å². The van der Waals surface area contributed by atoms with Crippen LogP contribution in [0.3, 0.4) is 0 Å². The van der Waals surface area contributed by atoms with Crippen molar-refractivity contribution in [2.45, 2.75) is 26.7 Å². The van der Waals surface area contributed by atoms with Crippen molar-refractivity contribution in [1.29, 1.82) is 0 Å². The molecule has 0 bridgehead atoms. The second-order valence-electron chi connectivity index (χ2n) is 6.48. The van der Waals surface area contributed by atoms with E-state index in [1.54, 1.807) is 6.07 Å². The molecule has 1 heterocycles. The number of hydrogen-bond acceptors (Lipinski definition) is 4. The molecule has 0 saturated carbocycles. The maximum atomic E-state index is 11.9. The number of rotatable bonds is 5. The summed E-state index contributed by atoms with van der Waals surface area (Å²) in [4.78, 5) is 14.8. The van der Waals surface area contributed by atoms with E-state index in [-0.39, 0.29) is 18.2 Å². The number of fused-ring (bicyclic) bond motifs is 1. The fraction of sp³-hybridized carbons (Fsp3) is 0.250. The van der Waals surface area contributed by atoms with Gasteiger partial charge in [0, 0.05) is 5.39 Å². The van der Waals surface area contributed by atoms with Crippen LogP contribution in [0.2, 0.25) is 0 Å². The van der Waals surface area contributed by atoms with Crippen LogP contribution in [0.4, 0.5) is 5.69 Å². The molecule has 2 aromatic carbocycles. The lowest BCUT2D eigenvalue weighted by molar-refractivity contribution is -0.120. The van der Waals surface area contributed by atoms with Crippen LogP contribution in [-0.2, 0) is 4.79 Å². The second kappa shape index (κ2) is 7.39. The summed E-state index contributed by atoms with van der Waals surface area (Å²) in [5.74, 6) is 0.299. The van der Waals surface area contributed by atoms with Crippen LogP contribution in [0.25, 0.3) is 10.9 Å². The number of nitrogens with zero attached hydrogens (tertiary/aromatic N) is 2. The predicted molar refractivity (Wildman–Crippen MR) is 100 cm³/mol. The quantitative estimate of drug-likeness (QED) is 0.634. The summed E-state index contributed by atoms with van der Waals surface area (Å²) >= 11 is 0. The van der Waals surface area contributed by atoms with Gasteiger partial charge in [0.25, 0.3) is 0 Å². The zero-order chi connectivity index (χ0) is 18.7. The van der Waals surface area contributed by atoms with Gasteiger partial charge in [0.2, 0.25) is 5.88 Å². The maximum Gasteiger partial charge on any atom is 0.302 e. The Hall–Kier alpha value is -3.15. The van der Waals surface area contributed by atoms with E-state index in [2.05, 4.69) is 29.1 Å². The van der Waals surface area contributed by atoms with E-state index < -0.39 is 5.91 Å². The van der Waals surface area contributed by atoms with Gasteiger partial charge in [0.1, 0.15) is 5.75 Å². The van der Waals surface area contributed by atoms with Crippen LogP contribution >= 0.6 is 0 Å². The molecule has 0 aliphatic heterocycles. The number of aryl methyl sites for hydroxylation is 1. The molecule has 0 radical (unpaired) electrons. The van der Waals surface area contributed by atoms with Crippen molar-refractivity contribution in [3.63, 3.8) is 0 Å². The van der Waals surface area contributed by atoms with Gasteiger partial charge in [0.05, 0.1) is 5.52 Å². The number of azo groups is 1. The number of aromatic amines is 1. The van der Waals surface area contributed by atoms with Gasteiger partial charge in [-0.3, -0.25) is 4.79 Å². The number of benzene rings is 2. The first kappa shape index (κ1) is 17.7. The van der Waals surface area contributed by atoms with E-state index in [0.29, 0.717) is 11.7 Å². The molecule has 0 aliphatic carbocycles. The molecule has 26 heavy (non-hydrogen) atoms. The van der Waals surface area contributed by atoms with Gasteiger partial charge in [-0.15, -0.1) is 10.2 Å². The molecule has 0 spiro atoms. The molecule has 2 N–H and O–H groups in total. The van der Waals surface area contributed by atoms with Crippen LogP contribution in [0.1, 0.15) is 30.9 Å². The van der Waals surface area contributed by atoms with Crippen molar-refractivity contribution in [1.82, 2.24) is 4.98 Å². The lowest BCUT2D eigenvalue weighted by Gasteiger charge is -2.04. The van der Waals surface area contributed by atoms with Gasteiger partial charge in [-0.2, -0.15) is 0 Å². The third-order valence-corrected chi connectivity index (χ3v) is 4.06. The van der Waals surface area contributed by atoms with Crippen LogP contribution in [0, 0.1) is 6.92 Å². The number of carbonyl (C=O) groups is 1. The van der Waals surface area contributed by atoms with Crippen LogP contribution < -0.4 is 4.74 Å². The fourth-order valence-electron chi connectivity index (χ4n) is 2.63. The van der Waals surface area contributed by atoms with Gasteiger partial charge >= 0.3 is 5.91 Å². The fourth-order valence-corrected chi connectivity index (χ4v) is 2.63. The molecule has 0 aliphatic rings. The number of aromatic hydroxyl groups is 1. The Balaban J connectivity index is 1.75. The van der Waals surface area contributed by atoms with Crippen LogP contribution in [0.15, 0.2) is 52.7 Å². The third-order valence-electron chi connectivity index (χ3n) is 4.06. The minimum Gasteiger partial charge on any atom is -0.493 e. The van der Waals surface area contributed by atoms with E-state index in [9.17, 15) is 9.90 Å². The average Bonchev–Trinajstić information content (AvgIpc) is 2.92. The zero-order valence-corrected chi connectivity index (χ0v) is 15.0. The molecule has 0 unspecified atom stereocenters. The molecular weight excluding hydrogens is 330 g/mol. The molecule has 0 fully saturated rings. The summed E-state index contributed by atoms with van der Waals surface area (Å²) in [6.07, 6.45) is 0. The van der Waals surface area contributed by atoms with Crippen LogP contribution in [-0.4, -0.2) is 22.6 Å². The first-order valence-corrected chi connectivity index (χ1v) is 8.42. The van der Waals surface area contributed by atoms with Gasteiger partial charge in [-0.25, -0.2) is 0 Å². The van der Waals surface area contributed by atoms with Crippen molar-refractivity contribution in [3.05, 3.63) is 53.6 Å². The van der Waals surface area contributed by atoms with Crippen molar-refractivity contribution in [2.75, 3.05) is 6.61 Å². The summed E-state index contributed by atoms with van der Waals surface area (Å²) in [7, 11) is 0. The highest BCUT2D eigenvalue weighted by Crippen LogP contribution is 2.36. The van der Waals surface area contributed by atoms with Crippen LogP contribution in [0.5, 0.6) is 11.6 Å². The topological polar surface area (TPSA) is 87.0 Å². The normalized spacial score (nSPS) is 11.5. The SMILES string of the molecule is Cc1cccc(OCC(=O)N=Nc2c(O)[nH]c3ccc(C(C)C)cc23)c1. The number of carbonyl (C=O) groups excluding carboxylic acids is 1. The third kappa shape index (κ3) is 3.91. The second-order valence-corrected chi connectivity index (χ2v) is 6.48. The highest BCUT2D eigenvalue weighted by Gasteiger charge is 2.13. The van der Waals surface area contributed by atoms with Gasteiger partial charge in [-0.1, -0.05) is 32.0 Å². The number of hydrogen-bond donors (Lipinski definition) is 2. The van der Waals surface area contributed by atoms with Crippen molar-refractivity contribution < 1.29 is 14.6 Å². The smallest absolute Gasteiger partial charge is 0.302 e. The monoisotopic (exact) mass is 351 g/mol. The molecule has 0 atom stereocenters. The lowest BCUT2D eigenvalue weighted by atomic mass is 10.0. The minimum atomic E-state index is -0.528. The number of nitrogens with one attached hydrogen (secondary N) is 1. The number of ether oxygens (including phenoxy) is 1. The summed E-state index contributed by atoms with van der Waals surface area (Å²) in [5.41, 5.74) is 3.15. The molecule has 0 saturated heterocycles. The Morgan fingerprint density at radius 1 is 1.23 bits per heavy atom. The Morgan fingerprint density at radius 2 is 2.04 bits per heavy atom. The van der Waals surface area contributed by atoms with Gasteiger partial charge < -0.3 is 14.8 Å². The largest absolute Gasteiger partial charge is 0.493 e. The summed E-state index contributed by atoms with van der Waals surface area (Å²) in [6.45, 7) is 5.90. The maximum absolute atomic E-state index is 11.9. The van der Waals surface area contributed by atoms with E-state index in [4.69, 9.17) is 4.74 Å². The molecular formula is C20H21N3O3. The number of H-pyrrole nitrogens is 1. The zero-order valence-electron chi connectivity index (χ0n) is 15.0. The number of amides is 1. The number of aromatic nitrogens is 1. The Labute approximate surface area is 151 Å². The first-order chi connectivity index (χ1) is 12.4.